The van der Waals surface area contributed by atoms with E-state index in [9.17, 15) is 0 Å². The fourth-order valence-corrected chi connectivity index (χ4v) is 2.19. The van der Waals surface area contributed by atoms with E-state index in [0.29, 0.717) is 0 Å². The molecule has 2 N–H and O–H groups in total. The Morgan fingerprint density at radius 2 is 1.72 bits per heavy atom. The standard InChI is InChI=1S/C17H21N/c1-14-7-6-10-16(13-14)17(2,18)12-11-15-8-4-3-5-9-15/h3-10,13H,11-12,18H2,1-2H3. The molecule has 2 rings (SSSR count). The Bertz CT molecular complexity index is 500. The molecule has 1 heteroatoms. The highest BCUT2D eigenvalue weighted by atomic mass is 14.7. The molecule has 0 aliphatic heterocycles. The summed E-state index contributed by atoms with van der Waals surface area (Å²) in [6.07, 6.45) is 1.97. The second-order valence-electron chi connectivity index (χ2n) is 5.27. The van der Waals surface area contributed by atoms with Crippen molar-refractivity contribution in [2.24, 2.45) is 5.73 Å². The van der Waals surface area contributed by atoms with E-state index in [1.165, 1.54) is 16.7 Å². The first-order valence-electron chi connectivity index (χ1n) is 6.48. The highest BCUT2D eigenvalue weighted by molar-refractivity contribution is 5.28. The lowest BCUT2D eigenvalue weighted by atomic mass is 9.86. The van der Waals surface area contributed by atoms with Crippen molar-refractivity contribution in [3.8, 4) is 0 Å². The fourth-order valence-electron chi connectivity index (χ4n) is 2.19. The third-order valence-electron chi connectivity index (χ3n) is 3.45. The van der Waals surface area contributed by atoms with Crippen LogP contribution in [0, 0.1) is 6.92 Å². The molecule has 0 amide bonds. The molecule has 0 aliphatic rings. The van der Waals surface area contributed by atoms with Crippen molar-refractivity contribution in [1.82, 2.24) is 0 Å². The molecule has 0 saturated carbocycles. The molecule has 94 valence electrons. The monoisotopic (exact) mass is 239 g/mol. The summed E-state index contributed by atoms with van der Waals surface area (Å²) in [5, 5.41) is 0. The Morgan fingerprint density at radius 3 is 2.39 bits per heavy atom. The van der Waals surface area contributed by atoms with Gasteiger partial charge in [0, 0.05) is 5.54 Å². The summed E-state index contributed by atoms with van der Waals surface area (Å²) in [5.41, 5.74) is 10.0. The zero-order valence-corrected chi connectivity index (χ0v) is 11.2. The van der Waals surface area contributed by atoms with E-state index in [2.05, 4.69) is 62.4 Å². The van der Waals surface area contributed by atoms with Crippen LogP contribution in [0.2, 0.25) is 0 Å². The summed E-state index contributed by atoms with van der Waals surface area (Å²) in [6.45, 7) is 4.22. The van der Waals surface area contributed by atoms with Crippen LogP contribution in [0.5, 0.6) is 0 Å². The van der Waals surface area contributed by atoms with E-state index in [4.69, 9.17) is 5.73 Å². The van der Waals surface area contributed by atoms with Gasteiger partial charge in [-0.3, -0.25) is 0 Å². The molecule has 0 aromatic heterocycles. The molecular formula is C17H21N. The topological polar surface area (TPSA) is 26.0 Å². The second-order valence-corrected chi connectivity index (χ2v) is 5.27. The van der Waals surface area contributed by atoms with Crippen molar-refractivity contribution in [3.05, 3.63) is 71.3 Å². The minimum absolute atomic E-state index is 0.262. The summed E-state index contributed by atoms with van der Waals surface area (Å²) in [4.78, 5) is 0. The van der Waals surface area contributed by atoms with Gasteiger partial charge in [-0.05, 0) is 37.8 Å². The highest BCUT2D eigenvalue weighted by Gasteiger charge is 2.20. The van der Waals surface area contributed by atoms with Gasteiger partial charge in [0.1, 0.15) is 0 Å². The van der Waals surface area contributed by atoms with Gasteiger partial charge in [-0.15, -0.1) is 0 Å². The molecule has 0 aliphatic carbocycles. The van der Waals surface area contributed by atoms with Crippen molar-refractivity contribution in [1.29, 1.82) is 0 Å². The van der Waals surface area contributed by atoms with Gasteiger partial charge in [-0.2, -0.15) is 0 Å². The van der Waals surface area contributed by atoms with Gasteiger partial charge >= 0.3 is 0 Å². The van der Waals surface area contributed by atoms with Crippen LogP contribution in [0.15, 0.2) is 54.6 Å². The number of aryl methyl sites for hydroxylation is 2. The van der Waals surface area contributed by atoms with Gasteiger partial charge in [0.2, 0.25) is 0 Å². The van der Waals surface area contributed by atoms with Gasteiger partial charge in [0.05, 0.1) is 0 Å². The van der Waals surface area contributed by atoms with Crippen molar-refractivity contribution >= 4 is 0 Å². The Hall–Kier alpha value is -1.60. The fraction of sp³-hybridized carbons (Fsp3) is 0.294. The predicted octanol–water partition coefficient (Wildman–Crippen LogP) is 3.80. The molecule has 0 spiro atoms. The van der Waals surface area contributed by atoms with Crippen LogP contribution in [-0.4, -0.2) is 0 Å². The van der Waals surface area contributed by atoms with E-state index in [1.54, 1.807) is 0 Å². The number of rotatable bonds is 4. The average molecular weight is 239 g/mol. The van der Waals surface area contributed by atoms with Crippen LogP contribution in [0.3, 0.4) is 0 Å². The predicted molar refractivity (Wildman–Crippen MR) is 77.5 cm³/mol. The number of hydrogen-bond donors (Lipinski definition) is 1. The highest BCUT2D eigenvalue weighted by Crippen LogP contribution is 2.24. The lowest BCUT2D eigenvalue weighted by molar-refractivity contribution is 0.452. The van der Waals surface area contributed by atoms with Crippen molar-refractivity contribution in [3.63, 3.8) is 0 Å². The first kappa shape index (κ1) is 12.8. The molecule has 0 radical (unpaired) electrons. The SMILES string of the molecule is Cc1cccc(C(C)(N)CCc2ccccc2)c1. The molecule has 2 aromatic carbocycles. The first-order chi connectivity index (χ1) is 8.58. The zero-order valence-electron chi connectivity index (χ0n) is 11.2. The smallest absolute Gasteiger partial charge is 0.0384 e. The zero-order chi connectivity index (χ0) is 13.0. The average Bonchev–Trinajstić information content (AvgIpc) is 2.38. The summed E-state index contributed by atoms with van der Waals surface area (Å²) in [7, 11) is 0. The summed E-state index contributed by atoms with van der Waals surface area (Å²) < 4.78 is 0. The maximum absolute atomic E-state index is 6.45. The Balaban J connectivity index is 2.08. The van der Waals surface area contributed by atoms with Crippen LogP contribution in [0.1, 0.15) is 30.0 Å². The van der Waals surface area contributed by atoms with Gasteiger partial charge in [0.15, 0.2) is 0 Å². The molecule has 0 bridgehead atoms. The Morgan fingerprint density at radius 1 is 1.00 bits per heavy atom. The van der Waals surface area contributed by atoms with E-state index in [0.717, 1.165) is 12.8 Å². The summed E-state index contributed by atoms with van der Waals surface area (Å²) >= 11 is 0. The molecular weight excluding hydrogens is 218 g/mol. The summed E-state index contributed by atoms with van der Waals surface area (Å²) in [6, 6.07) is 19.0. The largest absolute Gasteiger partial charge is 0.322 e. The van der Waals surface area contributed by atoms with Crippen LogP contribution in [0.4, 0.5) is 0 Å². The van der Waals surface area contributed by atoms with E-state index in [1.807, 2.05) is 6.07 Å². The van der Waals surface area contributed by atoms with Crippen LogP contribution in [-0.2, 0) is 12.0 Å². The third-order valence-corrected chi connectivity index (χ3v) is 3.45. The normalized spacial score (nSPS) is 14.2. The minimum atomic E-state index is -0.262. The Labute approximate surface area is 110 Å². The van der Waals surface area contributed by atoms with E-state index in [-0.39, 0.29) is 5.54 Å². The first-order valence-corrected chi connectivity index (χ1v) is 6.48. The minimum Gasteiger partial charge on any atom is -0.322 e. The van der Waals surface area contributed by atoms with Gasteiger partial charge < -0.3 is 5.73 Å². The molecule has 0 heterocycles. The van der Waals surface area contributed by atoms with Crippen LogP contribution < -0.4 is 5.73 Å². The molecule has 1 atom stereocenters. The van der Waals surface area contributed by atoms with Gasteiger partial charge in [0.25, 0.3) is 0 Å². The van der Waals surface area contributed by atoms with E-state index >= 15 is 0 Å². The quantitative estimate of drug-likeness (QED) is 0.862. The summed E-state index contributed by atoms with van der Waals surface area (Å²) in [5.74, 6) is 0. The number of nitrogens with two attached hydrogens (primary N) is 1. The second kappa shape index (κ2) is 5.36. The molecule has 18 heavy (non-hydrogen) atoms. The maximum atomic E-state index is 6.45. The van der Waals surface area contributed by atoms with Crippen molar-refractivity contribution in [2.75, 3.05) is 0 Å². The van der Waals surface area contributed by atoms with Crippen molar-refractivity contribution in [2.45, 2.75) is 32.2 Å². The number of hydrogen-bond acceptors (Lipinski definition) is 1. The molecule has 0 saturated heterocycles. The van der Waals surface area contributed by atoms with Crippen LogP contribution >= 0.6 is 0 Å². The van der Waals surface area contributed by atoms with E-state index < -0.39 is 0 Å². The van der Waals surface area contributed by atoms with Gasteiger partial charge in [-0.25, -0.2) is 0 Å². The third kappa shape index (κ3) is 3.21. The Kier molecular flexibility index (Phi) is 3.83. The maximum Gasteiger partial charge on any atom is 0.0384 e. The lowest BCUT2D eigenvalue weighted by Gasteiger charge is -2.25. The molecule has 1 nitrogen and oxygen atoms in total. The van der Waals surface area contributed by atoms with Crippen molar-refractivity contribution < 1.29 is 0 Å². The van der Waals surface area contributed by atoms with Gasteiger partial charge in [-0.1, -0.05) is 60.2 Å². The molecule has 0 fully saturated rings. The number of benzene rings is 2. The lowest BCUT2D eigenvalue weighted by Crippen LogP contribution is -2.33. The molecule has 1 unspecified atom stereocenters. The van der Waals surface area contributed by atoms with Crippen LogP contribution in [0.25, 0.3) is 0 Å². The molecule has 2 aromatic rings.